The highest BCUT2D eigenvalue weighted by atomic mass is 35.5. The lowest BCUT2D eigenvalue weighted by Crippen LogP contribution is -2.02. The Kier molecular flexibility index (Phi) is 4.79. The van der Waals surface area contributed by atoms with Gasteiger partial charge in [0.05, 0.1) is 16.7 Å². The Balaban J connectivity index is 1.90. The van der Waals surface area contributed by atoms with Crippen molar-refractivity contribution in [3.05, 3.63) is 41.2 Å². The Morgan fingerprint density at radius 3 is 2.78 bits per heavy atom. The standard InChI is InChI=1S/C11H12ClN3OS2/c1-18(16)11-14-13-7-15(11)8-17-6-9-2-4-10(12)5-3-9/h2-5,7H,6,8H2,1H3. The summed E-state index contributed by atoms with van der Waals surface area (Å²) < 4.78 is 13.2. The van der Waals surface area contributed by atoms with Crippen LogP contribution in [0.4, 0.5) is 0 Å². The second kappa shape index (κ2) is 6.36. The normalized spacial score (nSPS) is 12.6. The summed E-state index contributed by atoms with van der Waals surface area (Å²) in [5.41, 5.74) is 1.21. The molecule has 0 aliphatic heterocycles. The molecule has 0 spiro atoms. The van der Waals surface area contributed by atoms with E-state index in [1.165, 1.54) is 5.56 Å². The average molecular weight is 302 g/mol. The largest absolute Gasteiger partial charge is 0.297 e. The van der Waals surface area contributed by atoms with Crippen molar-refractivity contribution in [3.8, 4) is 0 Å². The smallest absolute Gasteiger partial charge is 0.221 e. The maximum Gasteiger partial charge on any atom is 0.221 e. The lowest BCUT2D eigenvalue weighted by Gasteiger charge is -2.04. The molecule has 2 aromatic rings. The summed E-state index contributed by atoms with van der Waals surface area (Å²) >= 11 is 7.53. The van der Waals surface area contributed by atoms with Crippen LogP contribution in [0.15, 0.2) is 35.7 Å². The highest BCUT2D eigenvalue weighted by Gasteiger charge is 2.07. The van der Waals surface area contributed by atoms with Gasteiger partial charge in [0.25, 0.3) is 0 Å². The molecule has 96 valence electrons. The van der Waals surface area contributed by atoms with E-state index in [0.717, 1.165) is 10.8 Å². The summed E-state index contributed by atoms with van der Waals surface area (Å²) in [5, 5.41) is 8.86. The summed E-state index contributed by atoms with van der Waals surface area (Å²) in [7, 11) is -1.10. The molecule has 0 amide bonds. The summed E-state index contributed by atoms with van der Waals surface area (Å²) in [4.78, 5) is 0. The third-order valence-electron chi connectivity index (χ3n) is 2.25. The van der Waals surface area contributed by atoms with Gasteiger partial charge < -0.3 is 0 Å². The minimum absolute atomic E-state index is 0.513. The molecule has 0 N–H and O–H groups in total. The number of rotatable bonds is 5. The third kappa shape index (κ3) is 3.57. The summed E-state index contributed by atoms with van der Waals surface area (Å²) in [6.45, 7) is 0. The van der Waals surface area contributed by atoms with Gasteiger partial charge in [-0.05, 0) is 17.7 Å². The van der Waals surface area contributed by atoms with E-state index in [-0.39, 0.29) is 0 Å². The summed E-state index contributed by atoms with van der Waals surface area (Å²) in [5.74, 6) is 1.55. The van der Waals surface area contributed by atoms with E-state index in [1.807, 2.05) is 24.3 Å². The molecular formula is C11H12ClN3OS2. The van der Waals surface area contributed by atoms with Crippen molar-refractivity contribution in [1.29, 1.82) is 0 Å². The van der Waals surface area contributed by atoms with Crippen molar-refractivity contribution in [2.24, 2.45) is 0 Å². The van der Waals surface area contributed by atoms with Gasteiger partial charge >= 0.3 is 0 Å². The molecule has 0 bridgehead atoms. The van der Waals surface area contributed by atoms with Gasteiger partial charge in [-0.15, -0.1) is 22.0 Å². The quantitative estimate of drug-likeness (QED) is 0.851. The van der Waals surface area contributed by atoms with Crippen molar-refractivity contribution in [2.45, 2.75) is 16.8 Å². The van der Waals surface area contributed by atoms with Gasteiger partial charge in [0.2, 0.25) is 5.16 Å². The number of benzene rings is 1. The van der Waals surface area contributed by atoms with Crippen LogP contribution in [0.2, 0.25) is 5.02 Å². The molecule has 18 heavy (non-hydrogen) atoms. The van der Waals surface area contributed by atoms with E-state index in [1.54, 1.807) is 28.9 Å². The third-order valence-corrected chi connectivity index (χ3v) is 4.33. The second-order valence-electron chi connectivity index (χ2n) is 3.64. The first-order valence-electron chi connectivity index (χ1n) is 5.20. The fraction of sp³-hybridized carbons (Fsp3) is 0.273. The minimum atomic E-state index is -1.10. The van der Waals surface area contributed by atoms with Crippen LogP contribution in [0.1, 0.15) is 5.56 Å². The zero-order valence-electron chi connectivity index (χ0n) is 9.75. The molecule has 0 aliphatic rings. The van der Waals surface area contributed by atoms with Crippen LogP contribution < -0.4 is 0 Å². The Labute approximate surface area is 117 Å². The van der Waals surface area contributed by atoms with E-state index in [4.69, 9.17) is 11.6 Å². The Morgan fingerprint density at radius 1 is 1.39 bits per heavy atom. The Morgan fingerprint density at radius 2 is 2.11 bits per heavy atom. The molecule has 1 unspecified atom stereocenters. The number of aromatic nitrogens is 3. The van der Waals surface area contributed by atoms with Gasteiger partial charge in [-0.25, -0.2) is 0 Å². The second-order valence-corrected chi connectivity index (χ2v) is 6.31. The number of hydrogen-bond acceptors (Lipinski definition) is 4. The highest BCUT2D eigenvalue weighted by Crippen LogP contribution is 2.17. The van der Waals surface area contributed by atoms with Crippen molar-refractivity contribution < 1.29 is 4.21 Å². The molecule has 0 saturated carbocycles. The molecule has 2 rings (SSSR count). The van der Waals surface area contributed by atoms with Gasteiger partial charge in [-0.1, -0.05) is 23.7 Å². The van der Waals surface area contributed by atoms with Crippen molar-refractivity contribution in [2.75, 3.05) is 6.26 Å². The predicted molar refractivity (Wildman–Crippen MR) is 75.1 cm³/mol. The van der Waals surface area contributed by atoms with Crippen LogP contribution in [0.25, 0.3) is 0 Å². The molecule has 0 fully saturated rings. The van der Waals surface area contributed by atoms with E-state index < -0.39 is 10.8 Å². The molecule has 0 radical (unpaired) electrons. The fourth-order valence-corrected chi connectivity index (χ4v) is 3.11. The predicted octanol–water partition coefficient (Wildman–Crippen LogP) is 2.56. The molecule has 1 aromatic heterocycles. The molecule has 1 aromatic carbocycles. The lowest BCUT2D eigenvalue weighted by atomic mass is 10.2. The van der Waals surface area contributed by atoms with E-state index in [9.17, 15) is 4.21 Å². The van der Waals surface area contributed by atoms with Crippen LogP contribution in [0.3, 0.4) is 0 Å². The maximum absolute atomic E-state index is 11.4. The SMILES string of the molecule is CS(=O)c1nncn1CSCc1ccc(Cl)cc1. The van der Waals surface area contributed by atoms with Gasteiger partial charge in [-0.2, -0.15) is 0 Å². The zero-order valence-corrected chi connectivity index (χ0v) is 12.1. The minimum Gasteiger partial charge on any atom is -0.297 e. The molecule has 1 heterocycles. The first-order valence-corrected chi connectivity index (χ1v) is 8.29. The highest BCUT2D eigenvalue weighted by molar-refractivity contribution is 7.97. The van der Waals surface area contributed by atoms with Crippen molar-refractivity contribution >= 4 is 34.2 Å². The van der Waals surface area contributed by atoms with E-state index in [0.29, 0.717) is 11.0 Å². The topological polar surface area (TPSA) is 47.8 Å². The van der Waals surface area contributed by atoms with Crippen LogP contribution >= 0.6 is 23.4 Å². The molecule has 0 saturated heterocycles. The number of halogens is 1. The van der Waals surface area contributed by atoms with Crippen LogP contribution in [-0.2, 0) is 22.4 Å². The van der Waals surface area contributed by atoms with E-state index >= 15 is 0 Å². The first-order chi connectivity index (χ1) is 8.66. The van der Waals surface area contributed by atoms with Crippen LogP contribution in [-0.4, -0.2) is 25.2 Å². The van der Waals surface area contributed by atoms with Gasteiger partial charge in [-0.3, -0.25) is 8.78 Å². The monoisotopic (exact) mass is 301 g/mol. The average Bonchev–Trinajstić information content (AvgIpc) is 2.80. The zero-order chi connectivity index (χ0) is 13.0. The summed E-state index contributed by atoms with van der Waals surface area (Å²) in [6.07, 6.45) is 3.20. The maximum atomic E-state index is 11.4. The number of nitrogens with zero attached hydrogens (tertiary/aromatic N) is 3. The van der Waals surface area contributed by atoms with E-state index in [2.05, 4.69) is 10.2 Å². The molecule has 0 aliphatic carbocycles. The summed E-state index contributed by atoms with van der Waals surface area (Å²) in [6, 6.07) is 7.76. The van der Waals surface area contributed by atoms with Crippen LogP contribution in [0, 0.1) is 0 Å². The van der Waals surface area contributed by atoms with Crippen molar-refractivity contribution in [3.63, 3.8) is 0 Å². The molecule has 1 atom stereocenters. The van der Waals surface area contributed by atoms with Gasteiger partial charge in [0.1, 0.15) is 6.33 Å². The fourth-order valence-electron chi connectivity index (χ4n) is 1.40. The molecule has 7 heteroatoms. The molecule has 4 nitrogen and oxygen atoms in total. The number of hydrogen-bond donors (Lipinski definition) is 0. The Bertz CT molecular complexity index is 541. The van der Waals surface area contributed by atoms with Crippen LogP contribution in [0.5, 0.6) is 0 Å². The van der Waals surface area contributed by atoms with Crippen molar-refractivity contribution in [1.82, 2.24) is 14.8 Å². The molecular weight excluding hydrogens is 290 g/mol. The lowest BCUT2D eigenvalue weighted by molar-refractivity contribution is 0.666. The van der Waals surface area contributed by atoms with Gasteiger partial charge in [0.15, 0.2) is 0 Å². The Hall–Kier alpha value is -0.850. The first kappa shape index (κ1) is 13.6. The number of thioether (sulfide) groups is 1. The van der Waals surface area contributed by atoms with Gasteiger partial charge in [0, 0.05) is 17.0 Å².